The van der Waals surface area contributed by atoms with Gasteiger partial charge >= 0.3 is 6.09 Å². The molecule has 1 unspecified atom stereocenters. The van der Waals surface area contributed by atoms with Crippen molar-refractivity contribution in [3.8, 4) is 0 Å². The number of hydrogen-bond donors (Lipinski definition) is 1. The number of fused-ring (bicyclic) bond motifs is 3. The van der Waals surface area contributed by atoms with Gasteiger partial charge in [-0.25, -0.2) is 4.79 Å². The Labute approximate surface area is 108 Å². The van der Waals surface area contributed by atoms with Crippen LogP contribution in [0.4, 0.5) is 10.5 Å². The first kappa shape index (κ1) is 10.9. The first-order valence-corrected chi connectivity index (χ1v) is 6.35. The molecule has 2 aliphatic heterocycles. The highest BCUT2D eigenvalue weighted by molar-refractivity contribution is 9.09. The standard InChI is InChI=1S/C12H13BrN2O2/c1-17-11(16)15-7-6-12(13)8-4-2-3-5-9(8)14-10(12)15/h2-5,10,14H,6-7H2,1H3/t10?,12-/m0/s1. The van der Waals surface area contributed by atoms with Crippen molar-refractivity contribution < 1.29 is 9.53 Å². The molecule has 2 aliphatic rings. The minimum Gasteiger partial charge on any atom is -0.453 e. The summed E-state index contributed by atoms with van der Waals surface area (Å²) in [6.45, 7) is 0.698. The van der Waals surface area contributed by atoms with E-state index in [9.17, 15) is 4.79 Å². The van der Waals surface area contributed by atoms with Crippen LogP contribution in [0.15, 0.2) is 24.3 Å². The van der Waals surface area contributed by atoms with Crippen LogP contribution in [0.2, 0.25) is 0 Å². The third-order valence-electron chi connectivity index (χ3n) is 3.54. The van der Waals surface area contributed by atoms with Crippen LogP contribution in [-0.4, -0.2) is 30.8 Å². The number of likely N-dealkylation sites (tertiary alicyclic amines) is 1. The number of methoxy groups -OCH3 is 1. The second-order valence-electron chi connectivity index (χ2n) is 4.37. The van der Waals surface area contributed by atoms with E-state index in [1.807, 2.05) is 18.2 Å². The van der Waals surface area contributed by atoms with E-state index in [4.69, 9.17) is 4.74 Å². The second-order valence-corrected chi connectivity index (χ2v) is 5.78. The van der Waals surface area contributed by atoms with Gasteiger partial charge in [0.1, 0.15) is 6.17 Å². The highest BCUT2D eigenvalue weighted by Crippen LogP contribution is 2.52. The summed E-state index contributed by atoms with van der Waals surface area (Å²) in [7, 11) is 1.42. The molecule has 2 heterocycles. The summed E-state index contributed by atoms with van der Waals surface area (Å²) in [4.78, 5) is 13.4. The molecule has 4 nitrogen and oxygen atoms in total. The van der Waals surface area contributed by atoms with Gasteiger partial charge in [0.25, 0.3) is 0 Å². The highest BCUT2D eigenvalue weighted by atomic mass is 79.9. The second kappa shape index (κ2) is 3.63. The molecular weight excluding hydrogens is 284 g/mol. The Morgan fingerprint density at radius 3 is 3.12 bits per heavy atom. The van der Waals surface area contributed by atoms with E-state index in [2.05, 4.69) is 27.3 Å². The number of amides is 1. The third kappa shape index (κ3) is 1.38. The van der Waals surface area contributed by atoms with Crippen LogP contribution in [0.1, 0.15) is 12.0 Å². The minimum absolute atomic E-state index is 0.0626. The zero-order valence-corrected chi connectivity index (χ0v) is 11.0. The molecule has 0 bridgehead atoms. The zero-order chi connectivity index (χ0) is 12.0. The third-order valence-corrected chi connectivity index (χ3v) is 4.80. The Bertz CT molecular complexity index is 479. The number of nitrogens with one attached hydrogen (secondary N) is 1. The van der Waals surface area contributed by atoms with Crippen LogP contribution in [0, 0.1) is 0 Å². The van der Waals surface area contributed by atoms with E-state index < -0.39 is 0 Å². The van der Waals surface area contributed by atoms with Crippen LogP contribution < -0.4 is 5.32 Å². The molecule has 1 saturated heterocycles. The molecule has 1 aromatic rings. The lowest BCUT2D eigenvalue weighted by Gasteiger charge is -2.26. The maximum absolute atomic E-state index is 11.7. The number of carbonyl (C=O) groups is 1. The van der Waals surface area contributed by atoms with Gasteiger partial charge in [-0.05, 0) is 18.1 Å². The van der Waals surface area contributed by atoms with Gasteiger partial charge in [0.2, 0.25) is 0 Å². The summed E-state index contributed by atoms with van der Waals surface area (Å²) >= 11 is 3.80. The van der Waals surface area contributed by atoms with Crippen LogP contribution in [0.3, 0.4) is 0 Å². The fourth-order valence-electron chi connectivity index (χ4n) is 2.70. The van der Waals surface area contributed by atoms with Crippen molar-refractivity contribution in [1.82, 2.24) is 4.90 Å². The summed E-state index contributed by atoms with van der Waals surface area (Å²) in [6.07, 6.45) is 0.542. The van der Waals surface area contributed by atoms with Crippen molar-refractivity contribution in [2.75, 3.05) is 19.0 Å². The maximum atomic E-state index is 11.7. The van der Waals surface area contributed by atoms with Gasteiger partial charge in [0.05, 0.1) is 11.4 Å². The summed E-state index contributed by atoms with van der Waals surface area (Å²) in [5.74, 6) is 0. The first-order valence-electron chi connectivity index (χ1n) is 5.56. The summed E-state index contributed by atoms with van der Waals surface area (Å²) in [5.41, 5.74) is 2.30. The molecule has 1 aromatic carbocycles. The van der Waals surface area contributed by atoms with E-state index in [1.165, 1.54) is 12.7 Å². The first-order chi connectivity index (χ1) is 8.16. The van der Waals surface area contributed by atoms with E-state index in [-0.39, 0.29) is 16.6 Å². The summed E-state index contributed by atoms with van der Waals surface area (Å²) in [5, 5.41) is 3.38. The lowest BCUT2D eigenvalue weighted by atomic mass is 9.98. The minimum atomic E-state index is -0.281. The number of rotatable bonds is 0. The van der Waals surface area contributed by atoms with Gasteiger partial charge < -0.3 is 10.1 Å². The SMILES string of the molecule is COC(=O)N1CC[C@]2(Br)c3ccccc3NC12. The molecule has 3 rings (SSSR count). The normalized spacial score (nSPS) is 29.5. The average Bonchev–Trinajstić information content (AvgIpc) is 2.81. The number of benzene rings is 1. The van der Waals surface area contributed by atoms with Crippen molar-refractivity contribution in [1.29, 1.82) is 0 Å². The van der Waals surface area contributed by atoms with Crippen LogP contribution >= 0.6 is 15.9 Å². The summed E-state index contributed by atoms with van der Waals surface area (Å²) < 4.78 is 4.63. The fourth-order valence-corrected chi connectivity index (χ4v) is 3.59. The molecule has 2 atom stereocenters. The zero-order valence-electron chi connectivity index (χ0n) is 9.44. The number of ether oxygens (including phenoxy) is 1. The number of nitrogens with zero attached hydrogens (tertiary/aromatic N) is 1. The Kier molecular flexibility index (Phi) is 2.33. The van der Waals surface area contributed by atoms with Crippen LogP contribution in [-0.2, 0) is 9.06 Å². The van der Waals surface area contributed by atoms with Gasteiger partial charge in [-0.3, -0.25) is 4.90 Å². The van der Waals surface area contributed by atoms with Crippen LogP contribution in [0.5, 0.6) is 0 Å². The molecule has 90 valence electrons. The molecule has 1 amide bonds. The number of para-hydroxylation sites is 1. The average molecular weight is 297 g/mol. The quantitative estimate of drug-likeness (QED) is 0.748. The number of hydrogen-bond acceptors (Lipinski definition) is 3. The van der Waals surface area contributed by atoms with E-state index in [0.717, 1.165) is 12.1 Å². The largest absolute Gasteiger partial charge is 0.453 e. The van der Waals surface area contributed by atoms with Gasteiger partial charge in [-0.1, -0.05) is 34.1 Å². The van der Waals surface area contributed by atoms with Gasteiger partial charge in [0.15, 0.2) is 0 Å². The number of carbonyl (C=O) groups excluding carboxylic acids is 1. The van der Waals surface area contributed by atoms with Gasteiger partial charge in [0, 0.05) is 12.2 Å². The van der Waals surface area contributed by atoms with Crippen molar-refractivity contribution in [3.05, 3.63) is 29.8 Å². The number of alkyl halides is 1. The Morgan fingerprint density at radius 2 is 2.35 bits per heavy atom. The van der Waals surface area contributed by atoms with E-state index in [0.29, 0.717) is 6.54 Å². The summed E-state index contributed by atoms with van der Waals surface area (Å²) in [6, 6.07) is 8.14. The van der Waals surface area contributed by atoms with Crippen molar-refractivity contribution in [3.63, 3.8) is 0 Å². The maximum Gasteiger partial charge on any atom is 0.411 e. The predicted molar refractivity (Wildman–Crippen MR) is 68.2 cm³/mol. The molecule has 17 heavy (non-hydrogen) atoms. The lowest BCUT2D eigenvalue weighted by molar-refractivity contribution is 0.121. The molecule has 0 aromatic heterocycles. The van der Waals surface area contributed by atoms with Gasteiger partial charge in [-0.15, -0.1) is 0 Å². The molecular formula is C12H13BrN2O2. The van der Waals surface area contributed by atoms with E-state index >= 15 is 0 Å². The molecule has 0 spiro atoms. The Hall–Kier alpha value is -1.23. The predicted octanol–water partition coefficient (Wildman–Crippen LogP) is 2.50. The molecule has 5 heteroatoms. The Morgan fingerprint density at radius 1 is 1.59 bits per heavy atom. The number of halogens is 1. The van der Waals surface area contributed by atoms with Crippen molar-refractivity contribution >= 4 is 27.7 Å². The van der Waals surface area contributed by atoms with Crippen molar-refractivity contribution in [2.45, 2.75) is 16.9 Å². The van der Waals surface area contributed by atoms with Crippen molar-refractivity contribution in [2.24, 2.45) is 0 Å². The van der Waals surface area contributed by atoms with E-state index in [1.54, 1.807) is 4.90 Å². The fraction of sp³-hybridized carbons (Fsp3) is 0.417. The Balaban J connectivity index is 2.00. The lowest BCUT2D eigenvalue weighted by Crippen LogP contribution is -2.43. The molecule has 1 fully saturated rings. The molecule has 0 saturated carbocycles. The van der Waals surface area contributed by atoms with Gasteiger partial charge in [-0.2, -0.15) is 0 Å². The highest BCUT2D eigenvalue weighted by Gasteiger charge is 2.54. The molecule has 1 N–H and O–H groups in total. The molecule has 0 radical (unpaired) electrons. The number of anilines is 1. The topological polar surface area (TPSA) is 41.6 Å². The smallest absolute Gasteiger partial charge is 0.411 e. The monoisotopic (exact) mass is 296 g/mol. The van der Waals surface area contributed by atoms with Crippen LogP contribution in [0.25, 0.3) is 0 Å². The molecule has 0 aliphatic carbocycles.